The number of imidazole rings is 2. The molecule has 8 rings (SSSR count). The number of fused-ring (bicyclic) bond motifs is 2. The minimum atomic E-state index is 0.347. The lowest BCUT2D eigenvalue weighted by Crippen LogP contribution is -2.08. The fourth-order valence-corrected chi connectivity index (χ4v) is 6.81. The Morgan fingerprint density at radius 1 is 0.469 bits per heavy atom. The highest BCUT2D eigenvalue weighted by atomic mass is 16.5. The fourth-order valence-electron chi connectivity index (χ4n) is 6.81. The molecular weight excluding hydrogens is 601 g/mol. The summed E-state index contributed by atoms with van der Waals surface area (Å²) in [6, 6.07) is 50.2. The minimum Gasteiger partial charge on any atom is -0.457 e. The van der Waals surface area contributed by atoms with Crippen molar-refractivity contribution in [1.29, 1.82) is 0 Å². The zero-order chi connectivity index (χ0) is 33.5. The number of para-hydroxylation sites is 6. The van der Waals surface area contributed by atoms with Gasteiger partial charge in [-0.25, -0.2) is 9.97 Å². The van der Waals surface area contributed by atoms with Gasteiger partial charge in [-0.2, -0.15) is 0 Å². The summed E-state index contributed by atoms with van der Waals surface area (Å²) in [5.74, 6) is 3.93. The van der Waals surface area contributed by atoms with Gasteiger partial charge in [-0.15, -0.1) is 0 Å². The molecule has 0 aliphatic rings. The lowest BCUT2D eigenvalue weighted by molar-refractivity contribution is 0.483. The number of hydrogen-bond acceptors (Lipinski definition) is 3. The van der Waals surface area contributed by atoms with Gasteiger partial charge in [0.2, 0.25) is 0 Å². The van der Waals surface area contributed by atoms with Crippen LogP contribution in [0.4, 0.5) is 0 Å². The second-order valence-corrected chi connectivity index (χ2v) is 13.1. The van der Waals surface area contributed by atoms with E-state index in [4.69, 9.17) is 14.7 Å². The molecule has 2 heterocycles. The van der Waals surface area contributed by atoms with Crippen LogP contribution < -0.4 is 4.74 Å². The molecule has 5 nitrogen and oxygen atoms in total. The number of hydrogen-bond donors (Lipinski definition) is 0. The van der Waals surface area contributed by atoms with Gasteiger partial charge in [-0.05, 0) is 83.6 Å². The summed E-state index contributed by atoms with van der Waals surface area (Å²) in [7, 11) is 0. The number of ether oxygens (including phenoxy) is 1. The summed E-state index contributed by atoms with van der Waals surface area (Å²) < 4.78 is 11.2. The summed E-state index contributed by atoms with van der Waals surface area (Å²) in [5, 5.41) is 0. The molecule has 0 atom stereocenters. The molecule has 6 aromatic carbocycles. The van der Waals surface area contributed by atoms with Crippen molar-refractivity contribution >= 4 is 22.1 Å². The van der Waals surface area contributed by atoms with Gasteiger partial charge in [-0.1, -0.05) is 113 Å². The molecule has 5 heteroatoms. The summed E-state index contributed by atoms with van der Waals surface area (Å²) >= 11 is 0. The number of benzene rings is 6. The van der Waals surface area contributed by atoms with Gasteiger partial charge >= 0.3 is 0 Å². The average molecular weight is 639 g/mol. The predicted molar refractivity (Wildman–Crippen MR) is 201 cm³/mol. The minimum absolute atomic E-state index is 0.347. The van der Waals surface area contributed by atoms with E-state index in [2.05, 4.69) is 146 Å². The third-order valence-corrected chi connectivity index (χ3v) is 9.12. The van der Waals surface area contributed by atoms with Gasteiger partial charge in [0, 0.05) is 16.8 Å². The van der Waals surface area contributed by atoms with Crippen LogP contribution in [-0.4, -0.2) is 19.1 Å². The zero-order valence-corrected chi connectivity index (χ0v) is 28.2. The lowest BCUT2D eigenvalue weighted by Gasteiger charge is -2.22. The van der Waals surface area contributed by atoms with E-state index in [0.717, 1.165) is 62.0 Å². The van der Waals surface area contributed by atoms with E-state index in [-0.39, 0.29) is 0 Å². The summed E-state index contributed by atoms with van der Waals surface area (Å²) in [6.45, 7) is 9.05. The molecule has 0 amide bonds. The summed E-state index contributed by atoms with van der Waals surface area (Å²) in [5.41, 5.74) is 10.9. The van der Waals surface area contributed by atoms with Crippen molar-refractivity contribution in [3.05, 3.63) is 157 Å². The van der Waals surface area contributed by atoms with Crippen LogP contribution >= 0.6 is 0 Å². The van der Waals surface area contributed by atoms with Gasteiger partial charge < -0.3 is 4.74 Å². The average Bonchev–Trinajstić information content (AvgIpc) is 3.71. The van der Waals surface area contributed by atoms with E-state index < -0.39 is 0 Å². The van der Waals surface area contributed by atoms with Crippen LogP contribution in [0.5, 0.6) is 11.5 Å². The number of nitrogens with zero attached hydrogens (tertiary/aromatic N) is 4. The third-order valence-electron chi connectivity index (χ3n) is 9.12. The van der Waals surface area contributed by atoms with E-state index in [1.807, 2.05) is 36.4 Å². The van der Waals surface area contributed by atoms with Gasteiger partial charge in [0.15, 0.2) is 0 Å². The van der Waals surface area contributed by atoms with Gasteiger partial charge in [0.1, 0.15) is 23.1 Å². The van der Waals surface area contributed by atoms with Crippen molar-refractivity contribution < 1.29 is 4.74 Å². The summed E-state index contributed by atoms with van der Waals surface area (Å²) in [6.07, 6.45) is 0. The highest BCUT2D eigenvalue weighted by Crippen LogP contribution is 2.38. The van der Waals surface area contributed by atoms with Crippen molar-refractivity contribution in [2.45, 2.75) is 39.5 Å². The van der Waals surface area contributed by atoms with Crippen molar-refractivity contribution in [1.82, 2.24) is 19.1 Å². The van der Waals surface area contributed by atoms with Crippen LogP contribution in [0.15, 0.2) is 146 Å². The Morgan fingerprint density at radius 3 is 1.49 bits per heavy atom. The molecule has 49 heavy (non-hydrogen) atoms. The zero-order valence-electron chi connectivity index (χ0n) is 28.2. The van der Waals surface area contributed by atoms with Crippen LogP contribution in [0.25, 0.3) is 56.2 Å². The maximum Gasteiger partial charge on any atom is 0.145 e. The first-order valence-corrected chi connectivity index (χ1v) is 17.0. The Kier molecular flexibility index (Phi) is 7.81. The number of rotatable bonds is 8. The maximum absolute atomic E-state index is 6.59. The normalized spacial score (nSPS) is 11.6. The first-order valence-electron chi connectivity index (χ1n) is 17.0. The first-order chi connectivity index (χ1) is 24.0. The smallest absolute Gasteiger partial charge is 0.145 e. The lowest BCUT2D eigenvalue weighted by atomic mass is 9.92. The molecular formula is C44H38N4O. The van der Waals surface area contributed by atoms with Crippen LogP contribution in [0.1, 0.15) is 50.7 Å². The molecule has 0 aliphatic heterocycles. The van der Waals surface area contributed by atoms with E-state index in [1.165, 1.54) is 16.8 Å². The van der Waals surface area contributed by atoms with Crippen molar-refractivity contribution in [3.8, 4) is 45.6 Å². The molecule has 0 spiro atoms. The second-order valence-electron chi connectivity index (χ2n) is 13.1. The molecule has 0 fully saturated rings. The topological polar surface area (TPSA) is 44.9 Å². The second kappa shape index (κ2) is 12.6. The van der Waals surface area contributed by atoms with Crippen LogP contribution in [0, 0.1) is 0 Å². The molecule has 0 unspecified atom stereocenters. The fraction of sp³-hybridized carbons (Fsp3) is 0.136. The molecule has 2 aromatic heterocycles. The Balaban J connectivity index is 1.21. The Hall–Kier alpha value is -5.94. The monoisotopic (exact) mass is 638 g/mol. The van der Waals surface area contributed by atoms with Crippen LogP contribution in [0.3, 0.4) is 0 Å². The molecule has 0 bridgehead atoms. The molecule has 8 aromatic rings. The van der Waals surface area contributed by atoms with Crippen molar-refractivity contribution in [2.24, 2.45) is 0 Å². The number of aromatic nitrogens is 4. The van der Waals surface area contributed by atoms with Crippen molar-refractivity contribution in [3.63, 3.8) is 0 Å². The molecule has 0 saturated heterocycles. The maximum atomic E-state index is 6.59. The van der Waals surface area contributed by atoms with Gasteiger partial charge in [0.25, 0.3) is 0 Å². The molecule has 0 saturated carbocycles. The standard InChI is InChI=1S/C44H38N4O/c1-29(2)36-21-14-22-37(30(3)4)42(36)48-41-26-11-9-24-39(41)46-44(48)32-16-13-20-35(28-32)49-34-19-12-15-31(27-34)43-45-38-23-8-10-25-40(38)47(43)33-17-6-5-7-18-33/h5-30H,1-4H3. The summed E-state index contributed by atoms with van der Waals surface area (Å²) in [4.78, 5) is 10.3. The van der Waals surface area contributed by atoms with E-state index in [9.17, 15) is 0 Å². The van der Waals surface area contributed by atoms with E-state index >= 15 is 0 Å². The predicted octanol–water partition coefficient (Wildman–Crippen LogP) is 11.7. The Morgan fingerprint density at radius 2 is 0.939 bits per heavy atom. The van der Waals surface area contributed by atoms with E-state index in [1.54, 1.807) is 0 Å². The van der Waals surface area contributed by atoms with Crippen LogP contribution in [0.2, 0.25) is 0 Å². The molecule has 0 radical (unpaired) electrons. The largest absolute Gasteiger partial charge is 0.457 e. The highest BCUT2D eigenvalue weighted by molar-refractivity contribution is 5.85. The molecule has 240 valence electrons. The SMILES string of the molecule is CC(C)c1cccc(C(C)C)c1-n1c(-c2cccc(Oc3cccc(-c4nc5ccccc5n4-c4ccccc4)c3)c2)nc2ccccc21. The van der Waals surface area contributed by atoms with Gasteiger partial charge in [0.05, 0.1) is 27.8 Å². The first kappa shape index (κ1) is 30.4. The highest BCUT2D eigenvalue weighted by Gasteiger charge is 2.22. The van der Waals surface area contributed by atoms with Crippen molar-refractivity contribution in [2.75, 3.05) is 0 Å². The van der Waals surface area contributed by atoms with Gasteiger partial charge in [-0.3, -0.25) is 9.13 Å². The Bertz CT molecular complexity index is 2410. The van der Waals surface area contributed by atoms with Crippen LogP contribution in [-0.2, 0) is 0 Å². The quantitative estimate of drug-likeness (QED) is 0.166. The molecule has 0 N–H and O–H groups in total. The van der Waals surface area contributed by atoms with E-state index in [0.29, 0.717) is 11.8 Å². The Labute approximate surface area is 287 Å². The molecule has 0 aliphatic carbocycles. The third kappa shape index (κ3) is 5.57.